The second kappa shape index (κ2) is 14.9. The molecule has 0 saturated heterocycles. The molecular formula is C16H35IN4S. The first-order chi connectivity index (χ1) is 10.3. The van der Waals surface area contributed by atoms with Crippen LogP contribution < -0.4 is 10.6 Å². The molecule has 1 rings (SSSR count). The van der Waals surface area contributed by atoms with Gasteiger partial charge in [-0.1, -0.05) is 19.3 Å². The average molecular weight is 442 g/mol. The van der Waals surface area contributed by atoms with E-state index < -0.39 is 0 Å². The summed E-state index contributed by atoms with van der Waals surface area (Å²) in [5.74, 6) is 2.08. The highest BCUT2D eigenvalue weighted by Gasteiger charge is 2.17. The van der Waals surface area contributed by atoms with Crippen molar-refractivity contribution in [1.82, 2.24) is 15.5 Å². The Balaban J connectivity index is 0.00000441. The molecule has 0 aliphatic heterocycles. The zero-order chi connectivity index (χ0) is 15.3. The first kappa shape index (κ1) is 22.3. The molecule has 0 spiro atoms. The predicted octanol–water partition coefficient (Wildman–Crippen LogP) is 3.18. The summed E-state index contributed by atoms with van der Waals surface area (Å²) in [4.78, 5) is 7.21. The first-order valence-corrected chi connectivity index (χ1v) is 9.88. The summed E-state index contributed by atoms with van der Waals surface area (Å²) < 4.78 is 0. The van der Waals surface area contributed by atoms with E-state index in [1.807, 2.05) is 11.8 Å². The Bertz CT molecular complexity index is 283. The molecule has 2 N–H and O–H groups in total. The monoisotopic (exact) mass is 442 g/mol. The Kier molecular flexibility index (Phi) is 15.1. The Morgan fingerprint density at radius 1 is 1.23 bits per heavy atom. The highest BCUT2D eigenvalue weighted by Crippen LogP contribution is 2.21. The van der Waals surface area contributed by atoms with E-state index in [1.165, 1.54) is 38.6 Å². The minimum absolute atomic E-state index is 0. The lowest BCUT2D eigenvalue weighted by atomic mass is 9.94. The van der Waals surface area contributed by atoms with Gasteiger partial charge in [-0.3, -0.25) is 4.99 Å². The van der Waals surface area contributed by atoms with Gasteiger partial charge in [0.1, 0.15) is 0 Å². The van der Waals surface area contributed by atoms with E-state index in [9.17, 15) is 0 Å². The van der Waals surface area contributed by atoms with Crippen molar-refractivity contribution in [3.05, 3.63) is 0 Å². The molecule has 0 aromatic rings. The number of hydrogen-bond acceptors (Lipinski definition) is 3. The van der Waals surface area contributed by atoms with E-state index in [-0.39, 0.29) is 24.0 Å². The number of nitrogens with zero attached hydrogens (tertiary/aromatic N) is 2. The second-order valence-electron chi connectivity index (χ2n) is 5.81. The summed E-state index contributed by atoms with van der Waals surface area (Å²) in [5, 5.41) is 6.69. The van der Waals surface area contributed by atoms with Crippen molar-refractivity contribution in [2.24, 2.45) is 4.99 Å². The van der Waals surface area contributed by atoms with Gasteiger partial charge in [-0.2, -0.15) is 11.8 Å². The largest absolute Gasteiger partial charge is 0.357 e. The molecular weight excluding hydrogens is 407 g/mol. The Labute approximate surface area is 158 Å². The quantitative estimate of drug-likeness (QED) is 0.249. The normalized spacial score (nSPS) is 16.5. The van der Waals surface area contributed by atoms with Gasteiger partial charge in [-0.15, -0.1) is 24.0 Å². The number of aliphatic imine (C=N–C) groups is 1. The van der Waals surface area contributed by atoms with Crippen LogP contribution in [0.1, 0.15) is 45.4 Å². The standard InChI is InChI=1S/C16H34N4S.HI/c1-4-17-16(19-12-14-21-3)18-11-8-13-20(2)15-9-6-5-7-10-15;/h15H,4-14H2,1-3H3,(H2,17,18,19);1H. The van der Waals surface area contributed by atoms with Crippen LogP contribution in [0.15, 0.2) is 4.99 Å². The molecule has 1 aliphatic carbocycles. The summed E-state index contributed by atoms with van der Waals surface area (Å²) in [6.45, 7) is 6.09. The SMILES string of the molecule is CCNC(=NCCCN(C)C1CCCCC1)NCCSC.I. The fourth-order valence-electron chi connectivity index (χ4n) is 2.83. The number of thioether (sulfide) groups is 1. The molecule has 0 bridgehead atoms. The summed E-state index contributed by atoms with van der Waals surface area (Å²) in [6.07, 6.45) is 10.3. The molecule has 0 aromatic carbocycles. The number of guanidine groups is 1. The van der Waals surface area contributed by atoms with Gasteiger partial charge in [-0.25, -0.2) is 0 Å². The highest BCUT2D eigenvalue weighted by molar-refractivity contribution is 14.0. The zero-order valence-corrected chi connectivity index (χ0v) is 17.7. The Morgan fingerprint density at radius 2 is 1.95 bits per heavy atom. The van der Waals surface area contributed by atoms with Gasteiger partial charge in [0, 0.05) is 31.4 Å². The molecule has 1 saturated carbocycles. The van der Waals surface area contributed by atoms with Crippen molar-refractivity contribution in [3.8, 4) is 0 Å². The van der Waals surface area contributed by atoms with Gasteiger partial charge in [-0.05, 0) is 46.0 Å². The van der Waals surface area contributed by atoms with E-state index in [0.717, 1.165) is 43.8 Å². The van der Waals surface area contributed by atoms with Crippen molar-refractivity contribution < 1.29 is 0 Å². The van der Waals surface area contributed by atoms with Crippen LogP contribution >= 0.6 is 35.7 Å². The van der Waals surface area contributed by atoms with Gasteiger partial charge < -0.3 is 15.5 Å². The fourth-order valence-corrected chi connectivity index (χ4v) is 3.13. The molecule has 4 nitrogen and oxygen atoms in total. The lowest BCUT2D eigenvalue weighted by Gasteiger charge is -2.31. The minimum Gasteiger partial charge on any atom is -0.357 e. The van der Waals surface area contributed by atoms with Crippen LogP contribution in [-0.2, 0) is 0 Å². The maximum Gasteiger partial charge on any atom is 0.191 e. The minimum atomic E-state index is 0. The number of hydrogen-bond donors (Lipinski definition) is 2. The lowest BCUT2D eigenvalue weighted by Crippen LogP contribution is -2.38. The van der Waals surface area contributed by atoms with Crippen LogP contribution in [0, 0.1) is 0 Å². The Hall–Kier alpha value is 0.310. The van der Waals surface area contributed by atoms with E-state index in [2.05, 4.69) is 40.8 Å². The van der Waals surface area contributed by atoms with Crippen LogP contribution in [0.3, 0.4) is 0 Å². The topological polar surface area (TPSA) is 39.7 Å². The zero-order valence-electron chi connectivity index (χ0n) is 14.6. The summed E-state index contributed by atoms with van der Waals surface area (Å²) in [6, 6.07) is 0.815. The Morgan fingerprint density at radius 3 is 2.59 bits per heavy atom. The third kappa shape index (κ3) is 10.2. The maximum atomic E-state index is 4.66. The van der Waals surface area contributed by atoms with Crippen molar-refractivity contribution >= 4 is 41.7 Å². The summed E-state index contributed by atoms with van der Waals surface area (Å²) >= 11 is 1.86. The van der Waals surface area contributed by atoms with Crippen LogP contribution in [0.25, 0.3) is 0 Å². The summed E-state index contributed by atoms with van der Waals surface area (Å²) in [7, 11) is 2.28. The van der Waals surface area contributed by atoms with Gasteiger partial charge >= 0.3 is 0 Å². The van der Waals surface area contributed by atoms with Crippen molar-refractivity contribution in [2.45, 2.75) is 51.5 Å². The molecule has 1 aliphatic rings. The third-order valence-electron chi connectivity index (χ3n) is 4.08. The summed E-state index contributed by atoms with van der Waals surface area (Å²) in [5.41, 5.74) is 0. The number of nitrogens with one attached hydrogen (secondary N) is 2. The van der Waals surface area contributed by atoms with Gasteiger partial charge in [0.15, 0.2) is 5.96 Å². The lowest BCUT2D eigenvalue weighted by molar-refractivity contribution is 0.191. The molecule has 0 atom stereocenters. The van der Waals surface area contributed by atoms with Crippen LogP contribution in [-0.4, -0.2) is 62.1 Å². The molecule has 0 unspecified atom stereocenters. The van der Waals surface area contributed by atoms with Gasteiger partial charge in [0.05, 0.1) is 0 Å². The maximum absolute atomic E-state index is 4.66. The fraction of sp³-hybridized carbons (Fsp3) is 0.938. The number of rotatable bonds is 9. The van der Waals surface area contributed by atoms with Crippen LogP contribution in [0.5, 0.6) is 0 Å². The molecule has 0 amide bonds. The van der Waals surface area contributed by atoms with Crippen LogP contribution in [0.2, 0.25) is 0 Å². The van der Waals surface area contributed by atoms with Crippen molar-refractivity contribution in [1.29, 1.82) is 0 Å². The van der Waals surface area contributed by atoms with Crippen molar-refractivity contribution in [3.63, 3.8) is 0 Å². The molecule has 0 radical (unpaired) electrons. The predicted molar refractivity (Wildman–Crippen MR) is 112 cm³/mol. The van der Waals surface area contributed by atoms with E-state index in [1.54, 1.807) is 0 Å². The molecule has 132 valence electrons. The highest BCUT2D eigenvalue weighted by atomic mass is 127. The van der Waals surface area contributed by atoms with Crippen molar-refractivity contribution in [2.75, 3.05) is 45.2 Å². The molecule has 0 heterocycles. The third-order valence-corrected chi connectivity index (χ3v) is 4.69. The molecule has 22 heavy (non-hydrogen) atoms. The van der Waals surface area contributed by atoms with Gasteiger partial charge in [0.25, 0.3) is 0 Å². The van der Waals surface area contributed by atoms with Gasteiger partial charge in [0.2, 0.25) is 0 Å². The van der Waals surface area contributed by atoms with E-state index >= 15 is 0 Å². The second-order valence-corrected chi connectivity index (χ2v) is 6.79. The average Bonchev–Trinajstić information content (AvgIpc) is 2.52. The van der Waals surface area contributed by atoms with E-state index in [4.69, 9.17) is 0 Å². The molecule has 6 heteroatoms. The van der Waals surface area contributed by atoms with Crippen LogP contribution in [0.4, 0.5) is 0 Å². The number of halogens is 1. The first-order valence-electron chi connectivity index (χ1n) is 8.49. The molecule has 1 fully saturated rings. The van der Waals surface area contributed by atoms with E-state index in [0.29, 0.717) is 0 Å². The smallest absolute Gasteiger partial charge is 0.191 e. The molecule has 0 aromatic heterocycles.